The molecule has 1 aliphatic heterocycles. The van der Waals surface area contributed by atoms with E-state index in [-0.39, 0.29) is 11.8 Å². The summed E-state index contributed by atoms with van der Waals surface area (Å²) < 4.78 is 0. The first-order valence-corrected chi connectivity index (χ1v) is 9.00. The highest BCUT2D eigenvalue weighted by molar-refractivity contribution is 7.99. The number of amides is 2. The fourth-order valence-electron chi connectivity index (χ4n) is 2.70. The molecule has 3 nitrogen and oxygen atoms in total. The van der Waals surface area contributed by atoms with Gasteiger partial charge >= 0.3 is 0 Å². The Morgan fingerprint density at radius 2 is 1.39 bits per heavy atom. The summed E-state index contributed by atoms with van der Waals surface area (Å²) in [6, 6.07) is 17.5. The van der Waals surface area contributed by atoms with Gasteiger partial charge in [0.25, 0.3) is 11.8 Å². The number of imide groups is 1. The average Bonchev–Trinajstić information content (AvgIpc) is 2.84. The largest absolute Gasteiger partial charge is 0.274 e. The van der Waals surface area contributed by atoms with Crippen LogP contribution < -0.4 is 0 Å². The van der Waals surface area contributed by atoms with Gasteiger partial charge in [0.2, 0.25) is 0 Å². The highest BCUT2D eigenvalue weighted by atomic mass is 32.2. The first-order valence-electron chi connectivity index (χ1n) is 7.84. The van der Waals surface area contributed by atoms with Crippen LogP contribution >= 0.6 is 11.8 Å². The molecule has 0 aromatic heterocycles. The third-order valence-corrected chi connectivity index (χ3v) is 5.00. The normalized spacial score (nSPS) is 13.5. The smallest absolute Gasteiger partial charge is 0.261 e. The lowest BCUT2D eigenvalue weighted by atomic mass is 10.1. The van der Waals surface area contributed by atoms with Gasteiger partial charge in [-0.1, -0.05) is 42.5 Å². The van der Waals surface area contributed by atoms with Gasteiger partial charge in [-0.15, -0.1) is 0 Å². The minimum absolute atomic E-state index is 0.153. The maximum Gasteiger partial charge on any atom is 0.261 e. The Kier molecular flexibility index (Phi) is 5.13. The molecule has 0 atom stereocenters. The van der Waals surface area contributed by atoms with Crippen molar-refractivity contribution >= 4 is 23.6 Å². The zero-order chi connectivity index (χ0) is 16.1. The van der Waals surface area contributed by atoms with Gasteiger partial charge in [0.15, 0.2) is 0 Å². The fourth-order valence-corrected chi connectivity index (χ4v) is 3.62. The van der Waals surface area contributed by atoms with Crippen LogP contribution in [0.2, 0.25) is 0 Å². The number of rotatable bonds is 7. The standard InChI is InChI=1S/C19H19NO2S/c21-18-16-9-4-5-10-17(16)19(22)20(18)12-6-13-23-14-11-15-7-2-1-3-8-15/h1-5,7-10H,6,11-14H2. The van der Waals surface area contributed by atoms with Gasteiger partial charge in [-0.05, 0) is 42.0 Å². The maximum absolute atomic E-state index is 12.2. The van der Waals surface area contributed by atoms with E-state index in [0.717, 1.165) is 24.3 Å². The van der Waals surface area contributed by atoms with Crippen LogP contribution in [0.3, 0.4) is 0 Å². The lowest BCUT2D eigenvalue weighted by Crippen LogP contribution is -2.31. The summed E-state index contributed by atoms with van der Waals surface area (Å²) >= 11 is 1.87. The Hall–Kier alpha value is -2.07. The number of thioether (sulfide) groups is 1. The van der Waals surface area contributed by atoms with E-state index in [9.17, 15) is 9.59 Å². The van der Waals surface area contributed by atoms with Gasteiger partial charge in [-0.2, -0.15) is 11.8 Å². The number of carbonyl (C=O) groups excluding carboxylic acids is 2. The number of hydrogen-bond acceptors (Lipinski definition) is 3. The molecule has 4 heteroatoms. The van der Waals surface area contributed by atoms with Crippen LogP contribution in [0.4, 0.5) is 0 Å². The number of carbonyl (C=O) groups is 2. The van der Waals surface area contributed by atoms with E-state index in [1.807, 2.05) is 17.8 Å². The van der Waals surface area contributed by atoms with Gasteiger partial charge in [0, 0.05) is 6.54 Å². The van der Waals surface area contributed by atoms with Gasteiger partial charge in [0.1, 0.15) is 0 Å². The third kappa shape index (κ3) is 3.64. The molecule has 0 aliphatic carbocycles. The van der Waals surface area contributed by atoms with Crippen molar-refractivity contribution in [2.45, 2.75) is 12.8 Å². The Bertz CT molecular complexity index is 665. The molecule has 2 aromatic rings. The number of hydrogen-bond donors (Lipinski definition) is 0. The van der Waals surface area contributed by atoms with Gasteiger partial charge < -0.3 is 0 Å². The molecule has 1 heterocycles. The zero-order valence-corrected chi connectivity index (χ0v) is 13.7. The SMILES string of the molecule is O=C1c2ccccc2C(=O)N1CCCSCCc1ccccc1. The predicted octanol–water partition coefficient (Wildman–Crippen LogP) is 3.65. The summed E-state index contributed by atoms with van der Waals surface area (Å²) in [6.07, 6.45) is 1.89. The van der Waals surface area contributed by atoms with Crippen LogP contribution in [0, 0.1) is 0 Å². The maximum atomic E-state index is 12.2. The van der Waals surface area contributed by atoms with E-state index >= 15 is 0 Å². The topological polar surface area (TPSA) is 37.4 Å². The number of benzene rings is 2. The number of nitrogens with zero attached hydrogens (tertiary/aromatic N) is 1. The predicted molar refractivity (Wildman–Crippen MR) is 93.9 cm³/mol. The summed E-state index contributed by atoms with van der Waals surface area (Å²) in [5.41, 5.74) is 2.42. The lowest BCUT2D eigenvalue weighted by molar-refractivity contribution is 0.0655. The monoisotopic (exact) mass is 325 g/mol. The van der Waals surface area contributed by atoms with E-state index in [1.165, 1.54) is 10.5 Å². The molecule has 0 radical (unpaired) electrons. The Morgan fingerprint density at radius 3 is 2.04 bits per heavy atom. The molecule has 0 N–H and O–H groups in total. The molecule has 0 unspecified atom stereocenters. The van der Waals surface area contributed by atoms with Crippen LogP contribution in [-0.4, -0.2) is 34.8 Å². The summed E-state index contributed by atoms with van der Waals surface area (Å²) in [5, 5.41) is 0. The van der Waals surface area contributed by atoms with Crippen molar-refractivity contribution in [1.82, 2.24) is 4.90 Å². The molecule has 23 heavy (non-hydrogen) atoms. The Balaban J connectivity index is 1.40. The second kappa shape index (κ2) is 7.47. The first-order chi connectivity index (χ1) is 11.3. The molecular weight excluding hydrogens is 306 g/mol. The highest BCUT2D eigenvalue weighted by Crippen LogP contribution is 2.22. The van der Waals surface area contributed by atoms with Crippen molar-refractivity contribution in [3.63, 3.8) is 0 Å². The molecule has 0 fully saturated rings. The van der Waals surface area contributed by atoms with Crippen molar-refractivity contribution in [3.8, 4) is 0 Å². The van der Waals surface area contributed by atoms with Crippen molar-refractivity contribution in [2.24, 2.45) is 0 Å². The van der Waals surface area contributed by atoms with Crippen molar-refractivity contribution in [1.29, 1.82) is 0 Å². The van der Waals surface area contributed by atoms with Gasteiger partial charge in [0.05, 0.1) is 11.1 Å². The van der Waals surface area contributed by atoms with E-state index in [1.54, 1.807) is 24.3 Å². The molecule has 0 saturated carbocycles. The molecule has 118 valence electrons. The van der Waals surface area contributed by atoms with Crippen LogP contribution in [-0.2, 0) is 6.42 Å². The third-order valence-electron chi connectivity index (χ3n) is 3.93. The summed E-state index contributed by atoms with van der Waals surface area (Å²) in [4.78, 5) is 25.8. The molecule has 3 rings (SSSR count). The molecule has 0 spiro atoms. The molecule has 2 aromatic carbocycles. The van der Waals surface area contributed by atoms with E-state index in [2.05, 4.69) is 24.3 Å². The van der Waals surface area contributed by atoms with E-state index < -0.39 is 0 Å². The Morgan fingerprint density at radius 1 is 0.783 bits per heavy atom. The number of fused-ring (bicyclic) bond motifs is 1. The van der Waals surface area contributed by atoms with Crippen LogP contribution in [0.5, 0.6) is 0 Å². The molecule has 0 saturated heterocycles. The Labute approximate surface area is 140 Å². The van der Waals surface area contributed by atoms with E-state index in [0.29, 0.717) is 17.7 Å². The summed E-state index contributed by atoms with van der Waals surface area (Å²) in [6.45, 7) is 0.505. The van der Waals surface area contributed by atoms with Crippen LogP contribution in [0.25, 0.3) is 0 Å². The first kappa shape index (κ1) is 15.8. The average molecular weight is 325 g/mol. The fraction of sp³-hybridized carbons (Fsp3) is 0.263. The minimum atomic E-state index is -0.153. The van der Waals surface area contributed by atoms with Crippen molar-refractivity contribution in [2.75, 3.05) is 18.1 Å². The molecule has 1 aliphatic rings. The number of aryl methyl sites for hydroxylation is 1. The second-order valence-electron chi connectivity index (χ2n) is 5.51. The van der Waals surface area contributed by atoms with Crippen molar-refractivity contribution < 1.29 is 9.59 Å². The van der Waals surface area contributed by atoms with Crippen LogP contribution in [0.1, 0.15) is 32.7 Å². The highest BCUT2D eigenvalue weighted by Gasteiger charge is 2.34. The molecule has 0 bridgehead atoms. The van der Waals surface area contributed by atoms with Gasteiger partial charge in [-0.25, -0.2) is 0 Å². The molecular formula is C19H19NO2S. The van der Waals surface area contributed by atoms with Gasteiger partial charge in [-0.3, -0.25) is 14.5 Å². The van der Waals surface area contributed by atoms with E-state index in [4.69, 9.17) is 0 Å². The summed E-state index contributed by atoms with van der Waals surface area (Å²) in [5.74, 6) is 1.71. The van der Waals surface area contributed by atoms with Crippen molar-refractivity contribution in [3.05, 3.63) is 71.3 Å². The molecule has 2 amide bonds. The second-order valence-corrected chi connectivity index (χ2v) is 6.73. The minimum Gasteiger partial charge on any atom is -0.274 e. The lowest BCUT2D eigenvalue weighted by Gasteiger charge is -2.13. The quantitative estimate of drug-likeness (QED) is 0.576. The van der Waals surface area contributed by atoms with Crippen LogP contribution in [0.15, 0.2) is 54.6 Å². The zero-order valence-electron chi connectivity index (χ0n) is 12.9. The summed E-state index contributed by atoms with van der Waals surface area (Å²) in [7, 11) is 0.